The smallest absolute Gasteiger partial charge is 0.759 e. The first kappa shape index (κ1) is 23.7. The van der Waals surface area contributed by atoms with Crippen LogP contribution < -0.4 is 207 Å². The maximum Gasteiger partial charge on any atom is 1.00 e. The van der Waals surface area contributed by atoms with Gasteiger partial charge in [0, 0.05) is 10.4 Å². The van der Waals surface area contributed by atoms with Gasteiger partial charge in [0.25, 0.3) is 0 Å². The minimum atomic E-state index is -5.17. The molecular formula is Cs3O4S+. The van der Waals surface area contributed by atoms with E-state index in [-0.39, 0.29) is 207 Å². The van der Waals surface area contributed by atoms with E-state index in [4.69, 9.17) is 17.5 Å². The van der Waals surface area contributed by atoms with Crippen molar-refractivity contribution < 1.29 is 224 Å². The summed E-state index contributed by atoms with van der Waals surface area (Å²) in [6.07, 6.45) is 0. The zero-order valence-corrected chi connectivity index (χ0v) is 24.7. The first-order valence-corrected chi connectivity index (χ1v) is 2.00. The molecule has 0 aliphatic heterocycles. The van der Waals surface area contributed by atoms with Crippen molar-refractivity contribution in [3.63, 3.8) is 0 Å². The Morgan fingerprint density at radius 2 is 0.875 bits per heavy atom. The van der Waals surface area contributed by atoms with E-state index in [9.17, 15) is 0 Å². The first-order valence-electron chi connectivity index (χ1n) is 0.667. The zero-order chi connectivity index (χ0) is 4.50. The van der Waals surface area contributed by atoms with E-state index in [1.165, 1.54) is 0 Å². The summed E-state index contributed by atoms with van der Waals surface area (Å²) < 4.78 is 34.1. The average Bonchev–Trinajstić information content (AvgIpc) is 0.722. The van der Waals surface area contributed by atoms with Crippen LogP contribution in [0.3, 0.4) is 0 Å². The molecule has 8 heavy (non-hydrogen) atoms. The monoisotopic (exact) mass is 495 g/mol. The van der Waals surface area contributed by atoms with Crippen LogP contribution in [0.15, 0.2) is 0 Å². The summed E-state index contributed by atoms with van der Waals surface area (Å²) in [6, 6.07) is 0. The van der Waals surface area contributed by atoms with Crippen LogP contribution in [0.4, 0.5) is 0 Å². The van der Waals surface area contributed by atoms with Crippen LogP contribution in [0.25, 0.3) is 0 Å². The average molecular weight is 495 g/mol. The topological polar surface area (TPSA) is 80.3 Å². The third-order valence-corrected chi connectivity index (χ3v) is 0. The number of hydrogen-bond donors (Lipinski definition) is 0. The van der Waals surface area contributed by atoms with Gasteiger partial charge in [-0.1, -0.05) is 0 Å². The summed E-state index contributed by atoms with van der Waals surface area (Å²) >= 11 is 0. The summed E-state index contributed by atoms with van der Waals surface area (Å²) in [6.45, 7) is 0. The summed E-state index contributed by atoms with van der Waals surface area (Å²) in [5, 5.41) is 0. The molecule has 0 rings (SSSR count). The predicted molar refractivity (Wildman–Crippen MR) is 10.5 cm³/mol. The summed E-state index contributed by atoms with van der Waals surface area (Å²) in [4.78, 5) is 0. The molecule has 0 aliphatic rings. The maximum atomic E-state index is 8.52. The van der Waals surface area contributed by atoms with Gasteiger partial charge in [0.05, 0.1) is 0 Å². The van der Waals surface area contributed by atoms with E-state index >= 15 is 0 Å². The molecule has 32 valence electrons. The second-order valence-electron chi connectivity index (χ2n) is 0.408. The standard InChI is InChI=1S/3Cs.H2O4S/c;;;1-5(2,3)4/h;;;(H2,1,2,3,4)/q3*+1;/p-2. The van der Waals surface area contributed by atoms with Crippen LogP contribution in [0.1, 0.15) is 0 Å². The van der Waals surface area contributed by atoms with Crippen molar-refractivity contribution in [1.82, 2.24) is 0 Å². The molecule has 0 fully saturated rings. The van der Waals surface area contributed by atoms with E-state index < -0.39 is 10.4 Å². The quantitative estimate of drug-likeness (QED) is 0.247. The van der Waals surface area contributed by atoms with Crippen LogP contribution in [0.5, 0.6) is 0 Å². The Bertz CT molecular complexity index is 94.5. The predicted octanol–water partition coefficient (Wildman–Crippen LogP) is -10.3. The molecule has 0 saturated heterocycles. The van der Waals surface area contributed by atoms with Gasteiger partial charge >= 0.3 is 207 Å². The van der Waals surface area contributed by atoms with Crippen LogP contribution in [0.2, 0.25) is 0 Å². The first-order chi connectivity index (χ1) is 2.00. The van der Waals surface area contributed by atoms with E-state index in [1.807, 2.05) is 0 Å². The van der Waals surface area contributed by atoms with E-state index in [0.717, 1.165) is 0 Å². The summed E-state index contributed by atoms with van der Waals surface area (Å²) in [5.41, 5.74) is 0. The van der Waals surface area contributed by atoms with Crippen LogP contribution in [-0.2, 0) is 10.4 Å². The molecule has 0 bridgehead atoms. The van der Waals surface area contributed by atoms with Crippen molar-refractivity contribution in [3.05, 3.63) is 0 Å². The zero-order valence-electron chi connectivity index (χ0n) is 5.04. The van der Waals surface area contributed by atoms with Crippen molar-refractivity contribution in [2.45, 2.75) is 0 Å². The Labute approximate surface area is 225 Å². The van der Waals surface area contributed by atoms with Gasteiger partial charge in [0.15, 0.2) is 0 Å². The number of hydrogen-bond acceptors (Lipinski definition) is 4. The van der Waals surface area contributed by atoms with Gasteiger partial charge < -0.3 is 9.11 Å². The molecule has 0 aliphatic carbocycles. The third-order valence-electron chi connectivity index (χ3n) is 0. The molecule has 0 aromatic heterocycles. The third kappa shape index (κ3) is 40.3. The largest absolute Gasteiger partial charge is 1.00 e. The van der Waals surface area contributed by atoms with E-state index in [0.29, 0.717) is 0 Å². The molecule has 0 N–H and O–H groups in total. The fourth-order valence-corrected chi connectivity index (χ4v) is 0. The minimum absolute atomic E-state index is 0. The molecule has 0 radical (unpaired) electrons. The van der Waals surface area contributed by atoms with Gasteiger partial charge in [-0.3, -0.25) is 8.42 Å². The molecule has 0 spiro atoms. The molecule has 0 unspecified atom stereocenters. The van der Waals surface area contributed by atoms with Gasteiger partial charge in [-0.2, -0.15) is 0 Å². The molecule has 0 aromatic rings. The van der Waals surface area contributed by atoms with Gasteiger partial charge in [-0.15, -0.1) is 0 Å². The Morgan fingerprint density at radius 3 is 0.875 bits per heavy atom. The second-order valence-corrected chi connectivity index (χ2v) is 1.22. The van der Waals surface area contributed by atoms with Gasteiger partial charge in [-0.05, 0) is 0 Å². The molecule has 8 heteroatoms. The molecule has 0 amide bonds. The van der Waals surface area contributed by atoms with Crippen molar-refractivity contribution in [3.8, 4) is 0 Å². The Kier molecular flexibility index (Phi) is 38.5. The normalized spacial score (nSPS) is 7.25. The Hall–Kier alpha value is 6.03. The van der Waals surface area contributed by atoms with Crippen LogP contribution in [-0.4, -0.2) is 17.5 Å². The molecule has 0 aromatic carbocycles. The Balaban J connectivity index is -0.0000000267. The second kappa shape index (κ2) is 13.0. The SMILES string of the molecule is O=S(=O)([O-])[O-].[Cs+].[Cs+].[Cs+]. The Morgan fingerprint density at radius 1 is 0.875 bits per heavy atom. The molecule has 0 heterocycles. The molecule has 0 saturated carbocycles. The molecule has 0 atom stereocenters. The van der Waals surface area contributed by atoms with Crippen molar-refractivity contribution >= 4 is 10.4 Å². The van der Waals surface area contributed by atoms with Gasteiger partial charge in [0.2, 0.25) is 0 Å². The van der Waals surface area contributed by atoms with Crippen LogP contribution >= 0.6 is 0 Å². The van der Waals surface area contributed by atoms with Crippen LogP contribution in [0, 0.1) is 0 Å². The van der Waals surface area contributed by atoms with Crippen molar-refractivity contribution in [1.29, 1.82) is 0 Å². The minimum Gasteiger partial charge on any atom is -0.759 e. The van der Waals surface area contributed by atoms with E-state index in [2.05, 4.69) is 0 Å². The van der Waals surface area contributed by atoms with Gasteiger partial charge in [0.1, 0.15) is 0 Å². The molecular weight excluding hydrogens is 495 g/mol. The van der Waals surface area contributed by atoms with Crippen molar-refractivity contribution in [2.75, 3.05) is 0 Å². The van der Waals surface area contributed by atoms with Gasteiger partial charge in [-0.25, -0.2) is 0 Å². The fourth-order valence-electron chi connectivity index (χ4n) is 0. The summed E-state index contributed by atoms with van der Waals surface area (Å²) in [5.74, 6) is 0. The van der Waals surface area contributed by atoms with E-state index in [1.54, 1.807) is 0 Å². The summed E-state index contributed by atoms with van der Waals surface area (Å²) in [7, 11) is -5.17. The number of rotatable bonds is 0. The molecule has 4 nitrogen and oxygen atoms in total. The fraction of sp³-hybridized carbons (Fsp3) is 0. The maximum absolute atomic E-state index is 8.52. The van der Waals surface area contributed by atoms with Crippen molar-refractivity contribution in [2.24, 2.45) is 0 Å².